The van der Waals surface area contributed by atoms with E-state index >= 15 is 0 Å². The summed E-state index contributed by atoms with van der Waals surface area (Å²) < 4.78 is 0. The quantitative estimate of drug-likeness (QED) is 0.892. The number of pyridine rings is 1. The van der Waals surface area contributed by atoms with Gasteiger partial charge in [-0.3, -0.25) is 9.78 Å². The second kappa shape index (κ2) is 7.71. The van der Waals surface area contributed by atoms with Gasteiger partial charge in [0, 0.05) is 11.9 Å². The molecule has 2 aromatic rings. The van der Waals surface area contributed by atoms with Crippen molar-refractivity contribution in [1.29, 1.82) is 0 Å². The van der Waals surface area contributed by atoms with Crippen molar-refractivity contribution in [3.05, 3.63) is 65.5 Å². The van der Waals surface area contributed by atoms with Crippen LogP contribution in [0.15, 0.2) is 48.7 Å². The molecule has 1 heterocycles. The summed E-state index contributed by atoms with van der Waals surface area (Å²) in [4.78, 5) is 18.8. The fourth-order valence-corrected chi connectivity index (χ4v) is 2.36. The van der Waals surface area contributed by atoms with E-state index < -0.39 is 0 Å². The summed E-state index contributed by atoms with van der Waals surface area (Å²) in [7, 11) is 4.07. The predicted octanol–water partition coefficient (Wildman–Crippen LogP) is 2.81. The third-order valence-electron chi connectivity index (χ3n) is 3.62. The van der Waals surface area contributed by atoms with Gasteiger partial charge in [-0.1, -0.05) is 30.3 Å². The van der Waals surface area contributed by atoms with Crippen molar-refractivity contribution in [2.75, 3.05) is 20.6 Å². The summed E-state index contributed by atoms with van der Waals surface area (Å²) in [6.45, 7) is 2.76. The largest absolute Gasteiger partial charge is 0.345 e. The second-order valence-corrected chi connectivity index (χ2v) is 5.67. The van der Waals surface area contributed by atoms with Gasteiger partial charge in [-0.25, -0.2) is 0 Å². The molecular weight excluding hydrogens is 274 g/mol. The van der Waals surface area contributed by atoms with Crippen LogP contribution in [0.1, 0.15) is 34.1 Å². The minimum atomic E-state index is -0.0711. The van der Waals surface area contributed by atoms with E-state index in [2.05, 4.69) is 27.3 Å². The number of carbonyl (C=O) groups excluding carboxylic acids is 1. The molecule has 4 nitrogen and oxygen atoms in total. The zero-order chi connectivity index (χ0) is 15.9. The van der Waals surface area contributed by atoms with Gasteiger partial charge in [0.15, 0.2) is 0 Å². The van der Waals surface area contributed by atoms with Crippen LogP contribution in [0.25, 0.3) is 0 Å². The van der Waals surface area contributed by atoms with Crippen molar-refractivity contribution < 1.29 is 4.79 Å². The lowest BCUT2D eigenvalue weighted by molar-refractivity contribution is 0.0931. The number of nitrogens with zero attached hydrogens (tertiary/aromatic N) is 2. The smallest absolute Gasteiger partial charge is 0.253 e. The molecule has 116 valence electrons. The van der Waals surface area contributed by atoms with Crippen molar-refractivity contribution >= 4 is 5.91 Å². The molecule has 0 unspecified atom stereocenters. The maximum Gasteiger partial charge on any atom is 0.253 e. The predicted molar refractivity (Wildman–Crippen MR) is 88.8 cm³/mol. The Kier molecular flexibility index (Phi) is 5.67. The molecule has 0 aliphatic rings. The van der Waals surface area contributed by atoms with E-state index in [1.807, 2.05) is 45.3 Å². The Morgan fingerprint density at radius 2 is 1.91 bits per heavy atom. The van der Waals surface area contributed by atoms with Crippen LogP contribution in [0.2, 0.25) is 0 Å². The molecule has 0 bridgehead atoms. The maximum absolute atomic E-state index is 12.5. The SMILES string of the molecule is Cc1ncccc1C(=O)N[C@@H](CCN(C)C)c1ccccc1. The number of hydrogen-bond acceptors (Lipinski definition) is 3. The molecule has 0 aliphatic heterocycles. The molecule has 0 fully saturated rings. The van der Waals surface area contributed by atoms with Gasteiger partial charge in [0.1, 0.15) is 0 Å². The number of aromatic nitrogens is 1. The number of aryl methyl sites for hydroxylation is 1. The highest BCUT2D eigenvalue weighted by Gasteiger charge is 2.17. The van der Waals surface area contributed by atoms with Crippen LogP contribution in [-0.2, 0) is 0 Å². The Labute approximate surface area is 132 Å². The fourth-order valence-electron chi connectivity index (χ4n) is 2.36. The Morgan fingerprint density at radius 1 is 1.18 bits per heavy atom. The number of benzene rings is 1. The first-order valence-corrected chi connectivity index (χ1v) is 7.50. The summed E-state index contributed by atoms with van der Waals surface area (Å²) >= 11 is 0. The van der Waals surface area contributed by atoms with Gasteiger partial charge in [0.25, 0.3) is 5.91 Å². The first-order chi connectivity index (χ1) is 10.6. The standard InChI is InChI=1S/C18H23N3O/c1-14-16(10-7-12-19-14)18(22)20-17(11-13-21(2)3)15-8-5-4-6-9-15/h4-10,12,17H,11,13H2,1-3H3,(H,20,22)/t17-/m0/s1. The third kappa shape index (κ3) is 4.40. The lowest BCUT2D eigenvalue weighted by Crippen LogP contribution is -2.31. The Bertz CT molecular complexity index is 611. The van der Waals surface area contributed by atoms with Crippen LogP contribution >= 0.6 is 0 Å². The Balaban J connectivity index is 2.16. The van der Waals surface area contributed by atoms with Gasteiger partial charge in [0.05, 0.1) is 11.6 Å². The van der Waals surface area contributed by atoms with E-state index in [1.165, 1.54) is 0 Å². The van der Waals surface area contributed by atoms with E-state index in [0.29, 0.717) is 5.56 Å². The maximum atomic E-state index is 12.5. The van der Waals surface area contributed by atoms with Crippen LogP contribution in [0, 0.1) is 6.92 Å². The van der Waals surface area contributed by atoms with Gasteiger partial charge < -0.3 is 10.2 Å². The highest BCUT2D eigenvalue weighted by Crippen LogP contribution is 2.18. The molecule has 1 amide bonds. The van der Waals surface area contributed by atoms with Crippen LogP contribution in [0.3, 0.4) is 0 Å². The van der Waals surface area contributed by atoms with Crippen molar-refractivity contribution in [3.8, 4) is 0 Å². The molecule has 4 heteroatoms. The normalized spacial score (nSPS) is 12.2. The highest BCUT2D eigenvalue weighted by atomic mass is 16.1. The fraction of sp³-hybridized carbons (Fsp3) is 0.333. The number of carbonyl (C=O) groups is 1. The molecule has 1 aromatic carbocycles. The Morgan fingerprint density at radius 3 is 2.55 bits per heavy atom. The first kappa shape index (κ1) is 16.2. The highest BCUT2D eigenvalue weighted by molar-refractivity contribution is 5.95. The molecule has 0 aliphatic carbocycles. The summed E-state index contributed by atoms with van der Waals surface area (Å²) in [5.41, 5.74) is 2.51. The van der Waals surface area contributed by atoms with Gasteiger partial charge in [-0.15, -0.1) is 0 Å². The molecular formula is C18H23N3O. The molecule has 0 saturated carbocycles. The summed E-state index contributed by atoms with van der Waals surface area (Å²) in [5, 5.41) is 3.14. The molecule has 0 radical (unpaired) electrons. The average Bonchev–Trinajstić information content (AvgIpc) is 2.52. The summed E-state index contributed by atoms with van der Waals surface area (Å²) in [6.07, 6.45) is 2.56. The van der Waals surface area contributed by atoms with Gasteiger partial charge in [0.2, 0.25) is 0 Å². The topological polar surface area (TPSA) is 45.2 Å². The molecule has 2 rings (SSSR count). The van der Waals surface area contributed by atoms with Crippen LogP contribution in [-0.4, -0.2) is 36.4 Å². The summed E-state index contributed by atoms with van der Waals surface area (Å²) in [5.74, 6) is -0.0711. The van der Waals surface area contributed by atoms with E-state index in [4.69, 9.17) is 0 Å². The molecule has 1 N–H and O–H groups in total. The van der Waals surface area contributed by atoms with E-state index in [9.17, 15) is 4.79 Å². The third-order valence-corrected chi connectivity index (χ3v) is 3.62. The average molecular weight is 297 g/mol. The molecule has 1 atom stereocenters. The van der Waals surface area contributed by atoms with Crippen LogP contribution in [0.4, 0.5) is 0 Å². The Hall–Kier alpha value is -2.20. The van der Waals surface area contributed by atoms with E-state index in [1.54, 1.807) is 12.3 Å². The van der Waals surface area contributed by atoms with Gasteiger partial charge in [-0.05, 0) is 51.7 Å². The second-order valence-electron chi connectivity index (χ2n) is 5.67. The number of amides is 1. The van der Waals surface area contributed by atoms with Gasteiger partial charge in [-0.2, -0.15) is 0 Å². The van der Waals surface area contributed by atoms with Crippen molar-refractivity contribution in [2.24, 2.45) is 0 Å². The van der Waals surface area contributed by atoms with Crippen molar-refractivity contribution in [3.63, 3.8) is 0 Å². The van der Waals surface area contributed by atoms with Crippen LogP contribution in [0.5, 0.6) is 0 Å². The zero-order valence-electron chi connectivity index (χ0n) is 13.4. The zero-order valence-corrected chi connectivity index (χ0v) is 13.4. The van der Waals surface area contributed by atoms with Crippen molar-refractivity contribution in [1.82, 2.24) is 15.2 Å². The molecule has 0 saturated heterocycles. The molecule has 0 spiro atoms. The van der Waals surface area contributed by atoms with E-state index in [-0.39, 0.29) is 11.9 Å². The molecule has 22 heavy (non-hydrogen) atoms. The lowest BCUT2D eigenvalue weighted by Gasteiger charge is -2.21. The van der Waals surface area contributed by atoms with Gasteiger partial charge >= 0.3 is 0 Å². The minimum Gasteiger partial charge on any atom is -0.345 e. The number of hydrogen-bond donors (Lipinski definition) is 1. The minimum absolute atomic E-state index is 0.00398. The summed E-state index contributed by atoms with van der Waals surface area (Å²) in [6, 6.07) is 13.7. The monoisotopic (exact) mass is 297 g/mol. The molecule has 1 aromatic heterocycles. The van der Waals surface area contributed by atoms with Crippen molar-refractivity contribution in [2.45, 2.75) is 19.4 Å². The first-order valence-electron chi connectivity index (χ1n) is 7.50. The lowest BCUT2D eigenvalue weighted by atomic mass is 10.0. The number of rotatable bonds is 6. The number of nitrogens with one attached hydrogen (secondary N) is 1. The van der Waals surface area contributed by atoms with E-state index in [0.717, 1.165) is 24.2 Å². The van der Waals surface area contributed by atoms with Crippen LogP contribution < -0.4 is 5.32 Å².